The van der Waals surface area contributed by atoms with E-state index in [9.17, 15) is 0 Å². The highest BCUT2D eigenvalue weighted by Gasteiger charge is 2.11. The Balaban J connectivity index is 1.98. The van der Waals surface area contributed by atoms with Gasteiger partial charge in [0.2, 0.25) is 16.2 Å². The first kappa shape index (κ1) is 12.8. The van der Waals surface area contributed by atoms with Crippen LogP contribution in [0, 0.1) is 0 Å². The lowest BCUT2D eigenvalue weighted by atomic mass is 10.1. The molecule has 0 aliphatic heterocycles. The van der Waals surface area contributed by atoms with E-state index in [1.165, 1.54) is 21.6 Å². The fraction of sp³-hybridized carbons (Fsp3) is 0.0556. The van der Waals surface area contributed by atoms with Crippen molar-refractivity contribution in [2.24, 2.45) is 0 Å². The maximum Gasteiger partial charge on any atom is 0.238 e. The average Bonchev–Trinajstić information content (AvgIpc) is 2.56. The van der Waals surface area contributed by atoms with E-state index in [1.54, 1.807) is 18.4 Å². The van der Waals surface area contributed by atoms with E-state index in [2.05, 4.69) is 53.9 Å². The summed E-state index contributed by atoms with van der Waals surface area (Å²) in [7, 11) is 1.69. The molecule has 1 nitrogen and oxygen atoms in total. The van der Waals surface area contributed by atoms with Gasteiger partial charge in [0, 0.05) is 17.7 Å². The molecule has 3 rings (SSSR count). The van der Waals surface area contributed by atoms with Gasteiger partial charge in [-0.25, -0.2) is 0 Å². The van der Waals surface area contributed by atoms with E-state index in [0.717, 1.165) is 5.75 Å². The Morgan fingerprint density at radius 2 is 1.50 bits per heavy atom. The van der Waals surface area contributed by atoms with Crippen LogP contribution in [-0.2, 0) is 0 Å². The molecule has 1 aromatic heterocycles. The standard InChI is InChI=1S/C18H15OS/c1-19-17-9-7-15(8-10-17)18-13-16(11-12-20-18)14-5-3-2-4-6-14/h2-13H,1H3/q+1. The van der Waals surface area contributed by atoms with E-state index >= 15 is 0 Å². The molecule has 0 N–H and O–H groups in total. The number of ether oxygens (including phenoxy) is 1. The molecule has 0 atom stereocenters. The van der Waals surface area contributed by atoms with E-state index in [-0.39, 0.29) is 0 Å². The summed E-state index contributed by atoms with van der Waals surface area (Å²) in [4.78, 5) is 1.26. The van der Waals surface area contributed by atoms with Crippen LogP contribution in [0.1, 0.15) is 0 Å². The molecule has 0 unspecified atom stereocenters. The molecule has 3 aromatic rings. The predicted molar refractivity (Wildman–Crippen MR) is 86.2 cm³/mol. The van der Waals surface area contributed by atoms with Gasteiger partial charge in [-0.15, -0.1) is 0 Å². The second-order valence-corrected chi connectivity index (χ2v) is 5.43. The van der Waals surface area contributed by atoms with Crippen LogP contribution in [0.4, 0.5) is 0 Å². The van der Waals surface area contributed by atoms with Gasteiger partial charge >= 0.3 is 0 Å². The zero-order valence-corrected chi connectivity index (χ0v) is 12.1. The maximum atomic E-state index is 5.20. The van der Waals surface area contributed by atoms with Crippen molar-refractivity contribution >= 4 is 11.3 Å². The second kappa shape index (κ2) is 5.85. The smallest absolute Gasteiger partial charge is 0.238 e. The highest BCUT2D eigenvalue weighted by molar-refractivity contribution is 7.13. The highest BCUT2D eigenvalue weighted by atomic mass is 32.1. The Bertz CT molecular complexity index is 690. The third kappa shape index (κ3) is 2.70. The van der Waals surface area contributed by atoms with Crippen molar-refractivity contribution < 1.29 is 4.74 Å². The van der Waals surface area contributed by atoms with E-state index < -0.39 is 0 Å². The number of rotatable bonds is 3. The molecule has 0 radical (unpaired) electrons. The summed E-state index contributed by atoms with van der Waals surface area (Å²) < 4.78 is 5.20. The SMILES string of the molecule is COc1ccc(-c2cc(-c3ccccc3)cc[s+]2)cc1. The van der Waals surface area contributed by atoms with Gasteiger partial charge in [0.25, 0.3) is 0 Å². The fourth-order valence-electron chi connectivity index (χ4n) is 2.12. The third-order valence-electron chi connectivity index (χ3n) is 3.21. The molecule has 2 heteroatoms. The molecule has 0 saturated heterocycles. The molecular formula is C18H15OS+. The molecule has 0 aliphatic carbocycles. The minimum absolute atomic E-state index is 0.887. The lowest BCUT2D eigenvalue weighted by molar-refractivity contribution is 0.415. The molecule has 2 aromatic carbocycles. The number of methoxy groups -OCH3 is 1. The topological polar surface area (TPSA) is 9.23 Å². The Morgan fingerprint density at radius 1 is 0.750 bits per heavy atom. The maximum absolute atomic E-state index is 5.20. The molecule has 1 heterocycles. The molecular weight excluding hydrogens is 264 g/mol. The van der Waals surface area contributed by atoms with Crippen LogP contribution in [0.2, 0.25) is 0 Å². The van der Waals surface area contributed by atoms with Crippen molar-refractivity contribution in [3.63, 3.8) is 0 Å². The van der Waals surface area contributed by atoms with Crippen LogP contribution >= 0.6 is 11.3 Å². The van der Waals surface area contributed by atoms with Gasteiger partial charge < -0.3 is 4.74 Å². The minimum atomic E-state index is 0.887. The van der Waals surface area contributed by atoms with E-state index in [4.69, 9.17) is 4.74 Å². The van der Waals surface area contributed by atoms with Crippen molar-refractivity contribution in [2.45, 2.75) is 0 Å². The zero-order chi connectivity index (χ0) is 13.8. The van der Waals surface area contributed by atoms with Crippen LogP contribution in [0.3, 0.4) is 0 Å². The van der Waals surface area contributed by atoms with Gasteiger partial charge in [0.15, 0.2) is 5.38 Å². The van der Waals surface area contributed by atoms with Gasteiger partial charge in [-0.2, -0.15) is 0 Å². The summed E-state index contributed by atoms with van der Waals surface area (Å²) >= 11 is 1.75. The first-order valence-corrected chi connectivity index (χ1v) is 7.36. The van der Waals surface area contributed by atoms with Crippen molar-refractivity contribution in [1.29, 1.82) is 0 Å². The van der Waals surface area contributed by atoms with Crippen molar-refractivity contribution in [1.82, 2.24) is 0 Å². The largest absolute Gasteiger partial charge is 0.497 e. The highest BCUT2D eigenvalue weighted by Crippen LogP contribution is 2.30. The van der Waals surface area contributed by atoms with Gasteiger partial charge in [0.1, 0.15) is 5.75 Å². The first-order chi connectivity index (χ1) is 9.86. The van der Waals surface area contributed by atoms with Crippen molar-refractivity contribution in [3.8, 4) is 27.3 Å². The number of hydrogen-bond acceptors (Lipinski definition) is 1. The third-order valence-corrected chi connectivity index (χ3v) is 4.09. The fourth-order valence-corrected chi connectivity index (χ4v) is 2.95. The Kier molecular flexibility index (Phi) is 3.75. The summed E-state index contributed by atoms with van der Waals surface area (Å²) in [5.41, 5.74) is 3.71. The summed E-state index contributed by atoms with van der Waals surface area (Å²) in [6.45, 7) is 0. The summed E-state index contributed by atoms with van der Waals surface area (Å²) in [6.07, 6.45) is 0. The van der Waals surface area contributed by atoms with Crippen LogP contribution < -0.4 is 4.74 Å². The van der Waals surface area contributed by atoms with Gasteiger partial charge in [-0.05, 0) is 35.4 Å². The first-order valence-electron chi connectivity index (χ1n) is 6.48. The van der Waals surface area contributed by atoms with E-state index in [0.29, 0.717) is 0 Å². The Hall–Kier alpha value is -2.19. The Morgan fingerprint density at radius 3 is 2.20 bits per heavy atom. The lowest BCUT2D eigenvalue weighted by Gasteiger charge is -2.01. The van der Waals surface area contributed by atoms with Gasteiger partial charge in [-0.1, -0.05) is 30.3 Å². The van der Waals surface area contributed by atoms with Gasteiger partial charge in [0.05, 0.1) is 7.11 Å². The van der Waals surface area contributed by atoms with Crippen LogP contribution in [-0.4, -0.2) is 7.11 Å². The second-order valence-electron chi connectivity index (χ2n) is 4.48. The monoisotopic (exact) mass is 279 g/mol. The molecule has 0 amide bonds. The summed E-state index contributed by atoms with van der Waals surface area (Å²) in [5, 5.41) is 2.14. The molecule has 0 bridgehead atoms. The normalized spacial score (nSPS) is 10.2. The number of benzene rings is 2. The lowest BCUT2D eigenvalue weighted by Crippen LogP contribution is -1.82. The molecule has 20 heavy (non-hydrogen) atoms. The quantitative estimate of drug-likeness (QED) is 0.585. The van der Waals surface area contributed by atoms with Crippen molar-refractivity contribution in [3.05, 3.63) is 72.1 Å². The predicted octanol–water partition coefficient (Wildman–Crippen LogP) is 5.37. The van der Waals surface area contributed by atoms with E-state index in [1.807, 2.05) is 18.2 Å². The molecule has 0 fully saturated rings. The summed E-state index contributed by atoms with van der Waals surface area (Å²) in [5.74, 6) is 0.887. The molecule has 0 saturated carbocycles. The van der Waals surface area contributed by atoms with Crippen LogP contribution in [0.15, 0.2) is 72.1 Å². The number of hydrogen-bond donors (Lipinski definition) is 0. The van der Waals surface area contributed by atoms with Gasteiger partial charge in [-0.3, -0.25) is 0 Å². The average molecular weight is 279 g/mol. The molecule has 0 spiro atoms. The summed E-state index contributed by atoms with van der Waals surface area (Å²) in [6, 6.07) is 23.0. The molecule has 0 aliphatic rings. The van der Waals surface area contributed by atoms with Crippen LogP contribution in [0.25, 0.3) is 21.6 Å². The molecule has 98 valence electrons. The zero-order valence-electron chi connectivity index (χ0n) is 11.2. The Labute approximate surface area is 123 Å². The minimum Gasteiger partial charge on any atom is -0.497 e. The van der Waals surface area contributed by atoms with Crippen LogP contribution in [0.5, 0.6) is 5.75 Å². The van der Waals surface area contributed by atoms with Crippen molar-refractivity contribution in [2.75, 3.05) is 7.11 Å².